The lowest BCUT2D eigenvalue weighted by Gasteiger charge is -2.48. The number of rotatable bonds is 8. The van der Waals surface area contributed by atoms with E-state index in [0.29, 0.717) is 18.6 Å². The number of nitrogens with zero attached hydrogens (tertiary/aromatic N) is 1. The fourth-order valence-electron chi connectivity index (χ4n) is 4.32. The number of methoxy groups -OCH3 is 1. The monoisotopic (exact) mass is 445 g/mol. The van der Waals surface area contributed by atoms with Crippen molar-refractivity contribution < 1.29 is 24.2 Å². The zero-order chi connectivity index (χ0) is 23.4. The molecule has 6 nitrogen and oxygen atoms in total. The molecule has 1 aliphatic heterocycles. The quantitative estimate of drug-likeness (QED) is 0.305. The van der Waals surface area contributed by atoms with Gasteiger partial charge in [-0.25, -0.2) is 0 Å². The lowest BCUT2D eigenvalue weighted by molar-refractivity contribution is -0.132. The highest BCUT2D eigenvalue weighted by atomic mass is 16.5. The van der Waals surface area contributed by atoms with Crippen LogP contribution in [0.3, 0.4) is 0 Å². The summed E-state index contributed by atoms with van der Waals surface area (Å²) in [6.07, 6.45) is 0.414. The lowest BCUT2D eigenvalue weighted by Crippen LogP contribution is -2.55. The third-order valence-electron chi connectivity index (χ3n) is 5.98. The van der Waals surface area contributed by atoms with Gasteiger partial charge in [0, 0.05) is 12.6 Å². The average molecular weight is 446 g/mol. The maximum atomic E-state index is 13.2. The smallest absolute Gasteiger partial charge is 0.308 e. The van der Waals surface area contributed by atoms with Gasteiger partial charge in [0.25, 0.3) is 0 Å². The van der Waals surface area contributed by atoms with Gasteiger partial charge in [0.1, 0.15) is 11.5 Å². The van der Waals surface area contributed by atoms with E-state index >= 15 is 0 Å². The minimum atomic E-state index is -0.624. The van der Waals surface area contributed by atoms with Crippen LogP contribution in [0.2, 0.25) is 0 Å². The summed E-state index contributed by atoms with van der Waals surface area (Å²) in [6.45, 7) is 1.36. The Morgan fingerprint density at radius 1 is 0.970 bits per heavy atom. The molecule has 0 radical (unpaired) electrons. The van der Waals surface area contributed by atoms with Gasteiger partial charge in [0.05, 0.1) is 25.2 Å². The van der Waals surface area contributed by atoms with Crippen molar-refractivity contribution in [3.63, 3.8) is 0 Å². The Morgan fingerprint density at radius 3 is 2.21 bits per heavy atom. The number of aliphatic hydroxyl groups is 1. The van der Waals surface area contributed by atoms with Crippen LogP contribution in [0.4, 0.5) is 5.69 Å². The van der Waals surface area contributed by atoms with E-state index in [-0.39, 0.29) is 23.8 Å². The largest absolute Gasteiger partial charge is 0.497 e. The summed E-state index contributed by atoms with van der Waals surface area (Å²) in [4.78, 5) is 26.2. The Bertz CT molecular complexity index is 1100. The number of anilines is 1. The van der Waals surface area contributed by atoms with E-state index in [0.717, 1.165) is 22.6 Å². The van der Waals surface area contributed by atoms with Gasteiger partial charge in [-0.1, -0.05) is 42.5 Å². The zero-order valence-corrected chi connectivity index (χ0v) is 18.7. The fourth-order valence-corrected chi connectivity index (χ4v) is 4.32. The van der Waals surface area contributed by atoms with Crippen LogP contribution in [-0.4, -0.2) is 24.1 Å². The van der Waals surface area contributed by atoms with E-state index < -0.39 is 6.10 Å². The highest BCUT2D eigenvalue weighted by Crippen LogP contribution is 2.46. The SMILES string of the molecule is COc1ccc(N2C(=O)C(CC[C@H](O)c3ccccc3)[C@H]2c2ccc(OC(C)=O)cc2)cc1. The second-order valence-corrected chi connectivity index (χ2v) is 8.12. The van der Waals surface area contributed by atoms with Crippen molar-refractivity contribution in [2.45, 2.75) is 31.9 Å². The van der Waals surface area contributed by atoms with Crippen LogP contribution in [0.25, 0.3) is 0 Å². The molecule has 4 rings (SSSR count). The molecule has 0 bridgehead atoms. The fraction of sp³-hybridized carbons (Fsp3) is 0.259. The number of aliphatic hydroxyl groups excluding tert-OH is 1. The van der Waals surface area contributed by atoms with Crippen LogP contribution in [0.5, 0.6) is 11.5 Å². The molecule has 3 atom stereocenters. The number of hydrogen-bond acceptors (Lipinski definition) is 5. The van der Waals surface area contributed by atoms with Gasteiger partial charge >= 0.3 is 5.97 Å². The number of carbonyl (C=O) groups excluding carboxylic acids is 2. The summed E-state index contributed by atoms with van der Waals surface area (Å²) < 4.78 is 10.4. The highest BCUT2D eigenvalue weighted by molar-refractivity contribution is 6.03. The molecule has 0 aliphatic carbocycles. The van der Waals surface area contributed by atoms with Gasteiger partial charge in [0.15, 0.2) is 0 Å². The Morgan fingerprint density at radius 2 is 1.61 bits per heavy atom. The van der Waals surface area contributed by atoms with Crippen molar-refractivity contribution in [3.8, 4) is 11.5 Å². The summed E-state index contributed by atoms with van der Waals surface area (Å²) in [5.74, 6) is 0.564. The molecule has 1 saturated heterocycles. The molecule has 1 fully saturated rings. The normalized spacial score (nSPS) is 18.4. The highest BCUT2D eigenvalue weighted by Gasteiger charge is 2.48. The van der Waals surface area contributed by atoms with Crippen molar-refractivity contribution in [1.82, 2.24) is 0 Å². The minimum absolute atomic E-state index is 0.0227. The van der Waals surface area contributed by atoms with Crippen LogP contribution >= 0.6 is 0 Å². The second-order valence-electron chi connectivity index (χ2n) is 8.12. The number of carbonyl (C=O) groups is 2. The predicted octanol–water partition coefficient (Wildman–Crippen LogP) is 4.84. The Balaban J connectivity index is 1.56. The first-order chi connectivity index (χ1) is 16.0. The molecule has 1 aliphatic rings. The molecule has 33 heavy (non-hydrogen) atoms. The molecule has 3 aromatic rings. The minimum Gasteiger partial charge on any atom is -0.497 e. The predicted molar refractivity (Wildman–Crippen MR) is 125 cm³/mol. The van der Waals surface area contributed by atoms with Crippen molar-refractivity contribution in [2.24, 2.45) is 5.92 Å². The number of hydrogen-bond donors (Lipinski definition) is 1. The molecular weight excluding hydrogens is 418 g/mol. The number of amides is 1. The lowest BCUT2D eigenvalue weighted by atomic mass is 9.78. The number of benzene rings is 3. The van der Waals surface area contributed by atoms with Crippen LogP contribution in [-0.2, 0) is 9.59 Å². The van der Waals surface area contributed by atoms with Crippen molar-refractivity contribution >= 4 is 17.6 Å². The molecule has 6 heteroatoms. The molecule has 1 heterocycles. The topological polar surface area (TPSA) is 76.1 Å². The van der Waals surface area contributed by atoms with E-state index in [1.54, 1.807) is 24.1 Å². The first-order valence-corrected chi connectivity index (χ1v) is 11.0. The Kier molecular flexibility index (Phi) is 6.75. The van der Waals surface area contributed by atoms with Crippen molar-refractivity contribution in [1.29, 1.82) is 0 Å². The number of β-lactam (4-membered cyclic amide) rings is 1. The van der Waals surface area contributed by atoms with Crippen LogP contribution in [0.1, 0.15) is 43.0 Å². The van der Waals surface area contributed by atoms with Gasteiger partial charge in [-0.15, -0.1) is 0 Å². The summed E-state index contributed by atoms with van der Waals surface area (Å²) in [5, 5.41) is 10.6. The van der Waals surface area contributed by atoms with Crippen molar-refractivity contribution in [3.05, 3.63) is 90.0 Å². The molecule has 0 saturated carbocycles. The third-order valence-corrected chi connectivity index (χ3v) is 5.98. The van der Waals surface area contributed by atoms with E-state index in [4.69, 9.17) is 9.47 Å². The van der Waals surface area contributed by atoms with Crippen LogP contribution < -0.4 is 14.4 Å². The zero-order valence-electron chi connectivity index (χ0n) is 18.7. The molecule has 1 amide bonds. The summed E-state index contributed by atoms with van der Waals surface area (Å²) >= 11 is 0. The van der Waals surface area contributed by atoms with Gasteiger partial charge in [-0.05, 0) is 60.4 Å². The van der Waals surface area contributed by atoms with Crippen LogP contribution in [0, 0.1) is 5.92 Å². The van der Waals surface area contributed by atoms with E-state index in [9.17, 15) is 14.7 Å². The molecule has 0 spiro atoms. The molecular formula is C27H27NO5. The van der Waals surface area contributed by atoms with E-state index in [2.05, 4.69) is 0 Å². The van der Waals surface area contributed by atoms with E-state index in [1.165, 1.54) is 6.92 Å². The van der Waals surface area contributed by atoms with E-state index in [1.807, 2.05) is 66.7 Å². The maximum absolute atomic E-state index is 13.2. The number of ether oxygens (including phenoxy) is 2. The molecule has 0 aromatic heterocycles. The standard InChI is InChI=1S/C27H27NO5/c1-18(29)33-23-12-8-20(9-13-23)26-24(16-17-25(30)19-6-4-3-5-7-19)27(31)28(26)21-10-14-22(32-2)15-11-21/h3-15,24-26,30H,16-17H2,1-2H3/t24?,25-,26+/m0/s1. The molecule has 1 N–H and O–H groups in total. The first-order valence-electron chi connectivity index (χ1n) is 11.0. The van der Waals surface area contributed by atoms with Gasteiger partial charge < -0.3 is 19.5 Å². The molecule has 170 valence electrons. The van der Waals surface area contributed by atoms with Gasteiger partial charge in [0.2, 0.25) is 5.91 Å². The average Bonchev–Trinajstić information content (AvgIpc) is 2.83. The van der Waals surface area contributed by atoms with Gasteiger partial charge in [-0.3, -0.25) is 9.59 Å². The first kappa shape index (κ1) is 22.6. The van der Waals surface area contributed by atoms with Gasteiger partial charge in [-0.2, -0.15) is 0 Å². The number of esters is 1. The molecule has 1 unspecified atom stereocenters. The maximum Gasteiger partial charge on any atom is 0.308 e. The van der Waals surface area contributed by atoms with Crippen molar-refractivity contribution in [2.75, 3.05) is 12.0 Å². The summed E-state index contributed by atoms with van der Waals surface area (Å²) in [5.41, 5.74) is 2.58. The summed E-state index contributed by atoms with van der Waals surface area (Å²) in [7, 11) is 1.60. The summed E-state index contributed by atoms with van der Waals surface area (Å²) in [6, 6.07) is 23.9. The Hall–Kier alpha value is -3.64. The molecule has 3 aromatic carbocycles. The third kappa shape index (κ3) is 4.91. The van der Waals surface area contributed by atoms with Crippen LogP contribution in [0.15, 0.2) is 78.9 Å². The second kappa shape index (κ2) is 9.88. The Labute approximate surface area is 193 Å².